The molecule has 1 unspecified atom stereocenters. The summed E-state index contributed by atoms with van der Waals surface area (Å²) in [6.07, 6.45) is 3.53. The Hall–Kier alpha value is -0.900. The van der Waals surface area contributed by atoms with Crippen LogP contribution in [-0.2, 0) is 15.9 Å². The van der Waals surface area contributed by atoms with E-state index in [2.05, 4.69) is 43.4 Å². The molecule has 1 fully saturated rings. The van der Waals surface area contributed by atoms with Crippen molar-refractivity contribution in [3.8, 4) is 0 Å². The Bertz CT molecular complexity index is 396. The van der Waals surface area contributed by atoms with Crippen molar-refractivity contribution < 1.29 is 9.47 Å². The summed E-state index contributed by atoms with van der Waals surface area (Å²) in [5.41, 5.74) is 2.71. The second kappa shape index (κ2) is 8.52. The fourth-order valence-electron chi connectivity index (χ4n) is 2.78. The minimum Gasteiger partial charge on any atom is -0.381 e. The Morgan fingerprint density at radius 1 is 1.19 bits per heavy atom. The normalized spacial score (nSPS) is 18.1. The van der Waals surface area contributed by atoms with Crippen molar-refractivity contribution in [3.05, 3.63) is 35.4 Å². The standard InChI is InChI=1S/C18H29NO2/c1-14(2)12-15-4-6-16(7-5-15)18(19-3)13-21-17-8-10-20-11-9-17/h4-7,14,17-19H,8-13H2,1-3H3. The second-order valence-electron chi connectivity index (χ2n) is 6.33. The van der Waals surface area contributed by atoms with E-state index in [1.165, 1.54) is 11.1 Å². The Morgan fingerprint density at radius 3 is 2.43 bits per heavy atom. The summed E-state index contributed by atoms with van der Waals surface area (Å²) in [7, 11) is 2.00. The van der Waals surface area contributed by atoms with Crippen LogP contribution in [-0.4, -0.2) is 33.0 Å². The average molecular weight is 291 g/mol. The van der Waals surface area contributed by atoms with Gasteiger partial charge in [0, 0.05) is 13.2 Å². The maximum atomic E-state index is 6.04. The molecule has 1 saturated heterocycles. The second-order valence-corrected chi connectivity index (χ2v) is 6.33. The molecule has 3 heteroatoms. The largest absolute Gasteiger partial charge is 0.381 e. The molecular formula is C18H29NO2. The number of nitrogens with one attached hydrogen (secondary N) is 1. The third kappa shape index (κ3) is 5.42. The fourth-order valence-corrected chi connectivity index (χ4v) is 2.78. The van der Waals surface area contributed by atoms with Crippen molar-refractivity contribution in [2.24, 2.45) is 5.92 Å². The van der Waals surface area contributed by atoms with E-state index < -0.39 is 0 Å². The molecule has 1 aliphatic heterocycles. The topological polar surface area (TPSA) is 30.5 Å². The first-order chi connectivity index (χ1) is 10.2. The molecule has 0 saturated carbocycles. The van der Waals surface area contributed by atoms with Crippen LogP contribution in [0.3, 0.4) is 0 Å². The molecule has 21 heavy (non-hydrogen) atoms. The summed E-state index contributed by atoms with van der Waals surface area (Å²) in [6.45, 7) is 6.90. The molecule has 1 aromatic carbocycles. The lowest BCUT2D eigenvalue weighted by atomic mass is 9.99. The number of ether oxygens (including phenoxy) is 2. The van der Waals surface area contributed by atoms with Gasteiger partial charge in [-0.1, -0.05) is 38.1 Å². The van der Waals surface area contributed by atoms with Crippen molar-refractivity contribution in [1.29, 1.82) is 0 Å². The van der Waals surface area contributed by atoms with Gasteiger partial charge in [0.05, 0.1) is 18.8 Å². The number of likely N-dealkylation sites (N-methyl/N-ethyl adjacent to an activating group) is 1. The van der Waals surface area contributed by atoms with E-state index in [1.54, 1.807) is 0 Å². The Morgan fingerprint density at radius 2 is 1.86 bits per heavy atom. The van der Waals surface area contributed by atoms with Crippen LogP contribution in [0.1, 0.15) is 43.9 Å². The summed E-state index contributed by atoms with van der Waals surface area (Å²) in [5.74, 6) is 0.702. The van der Waals surface area contributed by atoms with E-state index in [9.17, 15) is 0 Å². The molecule has 0 bridgehead atoms. The summed E-state index contributed by atoms with van der Waals surface area (Å²) in [6, 6.07) is 9.21. The SMILES string of the molecule is CNC(COC1CCOCC1)c1ccc(CC(C)C)cc1. The van der Waals surface area contributed by atoms with Gasteiger partial charge in [-0.25, -0.2) is 0 Å². The molecule has 1 aromatic rings. The van der Waals surface area contributed by atoms with Gasteiger partial charge in [0.2, 0.25) is 0 Å². The molecule has 0 radical (unpaired) electrons. The molecular weight excluding hydrogens is 262 g/mol. The number of rotatable bonds is 7. The van der Waals surface area contributed by atoms with E-state index in [0.717, 1.165) is 39.1 Å². The minimum atomic E-state index is 0.265. The van der Waals surface area contributed by atoms with E-state index in [0.29, 0.717) is 12.0 Å². The smallest absolute Gasteiger partial charge is 0.0665 e. The molecule has 3 nitrogen and oxygen atoms in total. The van der Waals surface area contributed by atoms with Crippen molar-refractivity contribution in [3.63, 3.8) is 0 Å². The summed E-state index contributed by atoms with van der Waals surface area (Å²) in [5, 5.41) is 3.36. The molecule has 0 amide bonds. The maximum absolute atomic E-state index is 6.04. The van der Waals surface area contributed by atoms with Crippen molar-refractivity contribution in [1.82, 2.24) is 5.32 Å². The van der Waals surface area contributed by atoms with Crippen LogP contribution in [0.15, 0.2) is 24.3 Å². The third-order valence-corrected chi connectivity index (χ3v) is 4.04. The van der Waals surface area contributed by atoms with E-state index in [-0.39, 0.29) is 6.04 Å². The van der Waals surface area contributed by atoms with Crippen LogP contribution in [0.2, 0.25) is 0 Å². The van der Waals surface area contributed by atoms with Crippen LogP contribution in [0.5, 0.6) is 0 Å². The zero-order valence-electron chi connectivity index (χ0n) is 13.6. The monoisotopic (exact) mass is 291 g/mol. The minimum absolute atomic E-state index is 0.265. The summed E-state index contributed by atoms with van der Waals surface area (Å²) in [4.78, 5) is 0. The molecule has 1 aliphatic rings. The van der Waals surface area contributed by atoms with E-state index in [1.807, 2.05) is 7.05 Å². The van der Waals surface area contributed by atoms with Gasteiger partial charge in [0.25, 0.3) is 0 Å². The molecule has 0 spiro atoms. The lowest BCUT2D eigenvalue weighted by molar-refractivity contribution is -0.0378. The molecule has 0 aliphatic carbocycles. The predicted molar refractivity (Wildman–Crippen MR) is 86.6 cm³/mol. The first-order valence-corrected chi connectivity index (χ1v) is 8.14. The van der Waals surface area contributed by atoms with Gasteiger partial charge in [-0.3, -0.25) is 0 Å². The quantitative estimate of drug-likeness (QED) is 0.836. The molecule has 0 aromatic heterocycles. The number of hydrogen-bond donors (Lipinski definition) is 1. The lowest BCUT2D eigenvalue weighted by Crippen LogP contribution is -2.28. The highest BCUT2D eigenvalue weighted by Gasteiger charge is 2.17. The highest BCUT2D eigenvalue weighted by molar-refractivity contribution is 5.25. The van der Waals surface area contributed by atoms with Gasteiger partial charge in [-0.05, 0) is 43.4 Å². The highest BCUT2D eigenvalue weighted by atomic mass is 16.5. The van der Waals surface area contributed by atoms with Crippen LogP contribution in [0, 0.1) is 5.92 Å². The lowest BCUT2D eigenvalue weighted by Gasteiger charge is -2.25. The first-order valence-electron chi connectivity index (χ1n) is 8.14. The van der Waals surface area contributed by atoms with Crippen molar-refractivity contribution in [2.75, 3.05) is 26.9 Å². The van der Waals surface area contributed by atoms with Gasteiger partial charge in [-0.2, -0.15) is 0 Å². The van der Waals surface area contributed by atoms with Crippen LogP contribution >= 0.6 is 0 Å². The zero-order chi connectivity index (χ0) is 15.1. The van der Waals surface area contributed by atoms with E-state index >= 15 is 0 Å². The summed E-state index contributed by atoms with van der Waals surface area (Å²) >= 11 is 0. The Balaban J connectivity index is 1.87. The van der Waals surface area contributed by atoms with Gasteiger partial charge >= 0.3 is 0 Å². The van der Waals surface area contributed by atoms with Gasteiger partial charge in [0.1, 0.15) is 0 Å². The van der Waals surface area contributed by atoms with Gasteiger partial charge in [0.15, 0.2) is 0 Å². The average Bonchev–Trinajstić information content (AvgIpc) is 2.50. The Labute approximate surface area is 129 Å². The highest BCUT2D eigenvalue weighted by Crippen LogP contribution is 2.18. The number of hydrogen-bond acceptors (Lipinski definition) is 3. The fraction of sp³-hybridized carbons (Fsp3) is 0.667. The third-order valence-electron chi connectivity index (χ3n) is 4.04. The zero-order valence-corrected chi connectivity index (χ0v) is 13.6. The maximum Gasteiger partial charge on any atom is 0.0665 e. The Kier molecular flexibility index (Phi) is 6.68. The molecule has 1 heterocycles. The number of benzene rings is 1. The van der Waals surface area contributed by atoms with Gasteiger partial charge in [-0.15, -0.1) is 0 Å². The molecule has 1 atom stereocenters. The summed E-state index contributed by atoms with van der Waals surface area (Å²) < 4.78 is 11.4. The molecule has 1 N–H and O–H groups in total. The molecule has 118 valence electrons. The predicted octanol–water partition coefficient (Wildman–Crippen LogP) is 3.34. The molecule has 2 rings (SSSR count). The van der Waals surface area contributed by atoms with Crippen molar-refractivity contribution in [2.45, 2.75) is 45.3 Å². The van der Waals surface area contributed by atoms with Crippen molar-refractivity contribution >= 4 is 0 Å². The van der Waals surface area contributed by atoms with Crippen LogP contribution in [0.25, 0.3) is 0 Å². The van der Waals surface area contributed by atoms with Crippen LogP contribution in [0.4, 0.5) is 0 Å². The first kappa shape index (κ1) is 16.5. The van der Waals surface area contributed by atoms with Crippen LogP contribution < -0.4 is 5.32 Å². The van der Waals surface area contributed by atoms with Gasteiger partial charge < -0.3 is 14.8 Å². The van der Waals surface area contributed by atoms with E-state index in [4.69, 9.17) is 9.47 Å².